The molecule has 0 saturated carbocycles. The first kappa shape index (κ1) is 29.1. The largest absolute Gasteiger partial charge is 0.350 e. The molecule has 5 aromatic rings. The molecule has 0 aliphatic carbocycles. The monoisotopic (exact) mass is 648 g/mol. The number of amides is 2. The Morgan fingerprint density at radius 3 is 2.48 bits per heavy atom. The third kappa shape index (κ3) is 5.42. The van der Waals surface area contributed by atoms with Gasteiger partial charge in [0.15, 0.2) is 0 Å². The molecule has 0 atom stereocenters. The van der Waals surface area contributed by atoms with Crippen molar-refractivity contribution in [2.75, 3.05) is 6.54 Å². The molecule has 1 aliphatic rings. The van der Waals surface area contributed by atoms with Gasteiger partial charge in [-0.2, -0.15) is 10.4 Å². The second-order valence-corrected chi connectivity index (χ2v) is 11.9. The highest BCUT2D eigenvalue weighted by Gasteiger charge is 2.29. The van der Waals surface area contributed by atoms with Crippen molar-refractivity contribution < 1.29 is 9.59 Å². The number of nitrogens with one attached hydrogen (secondary N) is 1. The summed E-state index contributed by atoms with van der Waals surface area (Å²) in [7, 11) is 0. The van der Waals surface area contributed by atoms with E-state index in [1.54, 1.807) is 62.6 Å². The zero-order chi connectivity index (χ0) is 31.0. The van der Waals surface area contributed by atoms with Crippen LogP contribution >= 0.6 is 15.9 Å². The van der Waals surface area contributed by atoms with E-state index in [4.69, 9.17) is 5.10 Å². The first-order valence-corrected chi connectivity index (χ1v) is 15.1. The van der Waals surface area contributed by atoms with Crippen LogP contribution < -0.4 is 10.9 Å². The lowest BCUT2D eigenvalue weighted by Gasteiger charge is -2.30. The molecule has 2 amide bonds. The third-order valence-electron chi connectivity index (χ3n) is 7.73. The van der Waals surface area contributed by atoms with Gasteiger partial charge < -0.3 is 10.2 Å². The Morgan fingerprint density at radius 1 is 1.05 bits per heavy atom. The summed E-state index contributed by atoms with van der Waals surface area (Å²) in [5.74, 6) is -0.398. The lowest BCUT2D eigenvalue weighted by atomic mass is 10.0. The van der Waals surface area contributed by atoms with Gasteiger partial charge in [-0.25, -0.2) is 4.52 Å². The van der Waals surface area contributed by atoms with Gasteiger partial charge in [0, 0.05) is 45.7 Å². The van der Waals surface area contributed by atoms with Crippen LogP contribution in [0.25, 0.3) is 11.3 Å². The topological polar surface area (TPSA) is 112 Å². The standard InChI is InChI=1S/C34H29BrN6O3/c1-21(2)38-31(42)23-8-11-27(12-9-23)40-32-26(16-22-6-4-3-5-7-22)19-37-41(32)30-20-39(15-14-28(30)34(40)44)33(43)24-10-13-29(35)25(17-24)18-36/h3-13,17,19,21H,14-16,20H2,1-2H3,(H,38,42). The van der Waals surface area contributed by atoms with E-state index in [0.29, 0.717) is 63.1 Å². The number of nitriles is 1. The molecule has 44 heavy (non-hydrogen) atoms. The molecule has 0 fully saturated rings. The number of fused-ring (bicyclic) bond motifs is 3. The molecule has 1 aliphatic heterocycles. The molecular weight excluding hydrogens is 620 g/mol. The number of carbonyl (C=O) groups excluding carboxylic acids is 2. The van der Waals surface area contributed by atoms with Crippen LogP contribution in [0.15, 0.2) is 88.3 Å². The number of hydrogen-bond donors (Lipinski definition) is 1. The van der Waals surface area contributed by atoms with Crippen LogP contribution in [0, 0.1) is 11.3 Å². The van der Waals surface area contributed by atoms with Gasteiger partial charge in [0.25, 0.3) is 17.4 Å². The van der Waals surface area contributed by atoms with E-state index >= 15 is 0 Å². The highest BCUT2D eigenvalue weighted by Crippen LogP contribution is 2.26. The average Bonchev–Trinajstić information content (AvgIpc) is 3.44. The Kier molecular flexibility index (Phi) is 7.89. The van der Waals surface area contributed by atoms with E-state index in [1.165, 1.54) is 0 Å². The Morgan fingerprint density at radius 2 is 1.77 bits per heavy atom. The minimum atomic E-state index is -0.219. The van der Waals surface area contributed by atoms with Crippen molar-refractivity contribution >= 4 is 33.4 Å². The number of hydrogen-bond acceptors (Lipinski definition) is 5. The van der Waals surface area contributed by atoms with Gasteiger partial charge in [-0.3, -0.25) is 19.0 Å². The molecule has 0 bridgehead atoms. The van der Waals surface area contributed by atoms with E-state index in [0.717, 1.165) is 11.1 Å². The molecule has 3 aromatic carbocycles. The Bertz CT molecular complexity index is 2010. The van der Waals surface area contributed by atoms with Gasteiger partial charge in [0.05, 0.1) is 29.7 Å². The smallest absolute Gasteiger partial charge is 0.261 e. The van der Waals surface area contributed by atoms with Gasteiger partial charge >= 0.3 is 0 Å². The van der Waals surface area contributed by atoms with E-state index in [-0.39, 0.29) is 30.0 Å². The predicted molar refractivity (Wildman–Crippen MR) is 170 cm³/mol. The molecule has 1 N–H and O–H groups in total. The van der Waals surface area contributed by atoms with E-state index in [1.807, 2.05) is 44.2 Å². The second-order valence-electron chi connectivity index (χ2n) is 11.1. The predicted octanol–water partition coefficient (Wildman–Crippen LogP) is 5.05. The van der Waals surface area contributed by atoms with Crippen LogP contribution in [0.3, 0.4) is 0 Å². The number of aromatic nitrogens is 3. The van der Waals surface area contributed by atoms with Gasteiger partial charge in [0.2, 0.25) is 0 Å². The van der Waals surface area contributed by atoms with E-state index in [2.05, 4.69) is 27.3 Å². The molecule has 0 unspecified atom stereocenters. The van der Waals surface area contributed by atoms with Gasteiger partial charge in [-0.15, -0.1) is 0 Å². The first-order chi connectivity index (χ1) is 21.2. The molecule has 0 saturated heterocycles. The fourth-order valence-electron chi connectivity index (χ4n) is 5.60. The summed E-state index contributed by atoms with van der Waals surface area (Å²) >= 11 is 3.35. The lowest BCUT2D eigenvalue weighted by Crippen LogP contribution is -2.41. The van der Waals surface area contributed by atoms with Crippen molar-refractivity contribution in [1.82, 2.24) is 24.4 Å². The van der Waals surface area contributed by atoms with Crippen LogP contribution in [0.5, 0.6) is 0 Å². The molecule has 3 heterocycles. The van der Waals surface area contributed by atoms with Gasteiger partial charge in [0.1, 0.15) is 11.7 Å². The van der Waals surface area contributed by atoms with E-state index in [9.17, 15) is 19.6 Å². The summed E-state index contributed by atoms with van der Waals surface area (Å²) in [6, 6.07) is 24.0. The minimum Gasteiger partial charge on any atom is -0.350 e. The first-order valence-electron chi connectivity index (χ1n) is 14.3. The van der Waals surface area contributed by atoms with Gasteiger partial charge in [-0.1, -0.05) is 30.3 Å². The number of halogens is 1. The lowest BCUT2D eigenvalue weighted by molar-refractivity contribution is 0.0729. The number of benzene rings is 3. The molecule has 0 radical (unpaired) electrons. The molecular formula is C34H29BrN6O3. The maximum Gasteiger partial charge on any atom is 0.261 e. The summed E-state index contributed by atoms with van der Waals surface area (Å²) in [5, 5.41) is 17.1. The highest BCUT2D eigenvalue weighted by molar-refractivity contribution is 9.10. The molecule has 220 valence electrons. The van der Waals surface area contributed by atoms with Crippen LogP contribution in [0.4, 0.5) is 0 Å². The summed E-state index contributed by atoms with van der Waals surface area (Å²) in [6.45, 7) is 4.35. The van der Waals surface area contributed by atoms with Crippen molar-refractivity contribution in [1.29, 1.82) is 5.26 Å². The summed E-state index contributed by atoms with van der Waals surface area (Å²) in [6.07, 6.45) is 2.67. The molecule has 9 nitrogen and oxygen atoms in total. The molecule has 10 heteroatoms. The Balaban J connectivity index is 1.45. The van der Waals surface area contributed by atoms with Crippen LogP contribution in [0.1, 0.15) is 62.5 Å². The number of rotatable bonds is 6. The Hall–Kier alpha value is -5.01. The minimum absolute atomic E-state index is 0.000936. The highest BCUT2D eigenvalue weighted by atomic mass is 79.9. The molecule has 2 aromatic heterocycles. The van der Waals surface area contributed by atoms with Gasteiger partial charge in [-0.05, 0) is 84.2 Å². The van der Waals surface area contributed by atoms with Crippen molar-refractivity contribution in [2.45, 2.75) is 39.3 Å². The third-order valence-corrected chi connectivity index (χ3v) is 8.42. The summed E-state index contributed by atoms with van der Waals surface area (Å²) in [4.78, 5) is 42.1. The Labute approximate surface area is 262 Å². The fraction of sp³-hybridized carbons (Fsp3) is 0.206. The quantitative estimate of drug-likeness (QED) is 0.277. The fourth-order valence-corrected chi connectivity index (χ4v) is 5.94. The van der Waals surface area contributed by atoms with Crippen LogP contribution in [-0.4, -0.2) is 43.5 Å². The maximum atomic E-state index is 14.3. The van der Waals surface area contributed by atoms with Crippen LogP contribution in [-0.2, 0) is 19.4 Å². The van der Waals surface area contributed by atoms with Crippen molar-refractivity contribution in [2.24, 2.45) is 0 Å². The van der Waals surface area contributed by atoms with Crippen LogP contribution in [0.2, 0.25) is 0 Å². The maximum absolute atomic E-state index is 14.3. The van der Waals surface area contributed by atoms with E-state index < -0.39 is 0 Å². The SMILES string of the molecule is CC(C)NC(=O)c1ccc(-n2c(=O)c3c(n4ncc(Cc5ccccc5)c24)CN(C(=O)c2ccc(Br)c(C#N)c2)CC3)cc1. The molecule has 6 rings (SSSR count). The number of carbonyl (C=O) groups is 2. The normalized spacial score (nSPS) is 12.7. The zero-order valence-electron chi connectivity index (χ0n) is 24.3. The van der Waals surface area contributed by atoms with Crippen molar-refractivity contribution in [3.05, 3.63) is 133 Å². The van der Waals surface area contributed by atoms with Crippen molar-refractivity contribution in [3.63, 3.8) is 0 Å². The summed E-state index contributed by atoms with van der Waals surface area (Å²) in [5.41, 5.74) is 5.52. The summed E-state index contributed by atoms with van der Waals surface area (Å²) < 4.78 is 4.06. The second kappa shape index (κ2) is 11.9. The zero-order valence-corrected chi connectivity index (χ0v) is 25.8. The average molecular weight is 650 g/mol. The van der Waals surface area contributed by atoms with Crippen molar-refractivity contribution in [3.8, 4) is 11.8 Å². The number of nitrogens with zero attached hydrogens (tertiary/aromatic N) is 5. The molecule has 0 spiro atoms.